The number of anilines is 1. The summed E-state index contributed by atoms with van der Waals surface area (Å²) in [6.07, 6.45) is -0.814. The summed E-state index contributed by atoms with van der Waals surface area (Å²) >= 11 is 12.1. The summed E-state index contributed by atoms with van der Waals surface area (Å²) in [5, 5.41) is 22.0. The van der Waals surface area contributed by atoms with Crippen LogP contribution in [0.2, 0.25) is 10.0 Å². The molecular weight excluding hydrogens is 313 g/mol. The number of halogens is 2. The monoisotopic (exact) mass is 327 g/mol. The highest BCUT2D eigenvalue weighted by Crippen LogP contribution is 2.32. The standard InChI is InChI=1S/C15H15Cl2NO3/c16-10-2-1-3-13(6-10)21-15-5-4-11(7-14(15)17)18-8-12(20)9-19/h1-7,12,18-20H,8-9H2. The SMILES string of the molecule is OCC(O)CNc1ccc(Oc2cccc(Cl)c2)c(Cl)c1. The van der Waals surface area contributed by atoms with E-state index in [9.17, 15) is 5.11 Å². The van der Waals surface area contributed by atoms with Crippen molar-refractivity contribution in [1.29, 1.82) is 0 Å². The van der Waals surface area contributed by atoms with Gasteiger partial charge in [-0.3, -0.25) is 0 Å². The van der Waals surface area contributed by atoms with Crippen LogP contribution in [0, 0.1) is 0 Å². The van der Waals surface area contributed by atoms with Crippen molar-refractivity contribution in [3.05, 3.63) is 52.5 Å². The Balaban J connectivity index is 2.05. The van der Waals surface area contributed by atoms with Gasteiger partial charge in [0, 0.05) is 17.3 Å². The molecule has 0 amide bonds. The zero-order valence-electron chi connectivity index (χ0n) is 11.1. The molecule has 0 bridgehead atoms. The van der Waals surface area contributed by atoms with Gasteiger partial charge in [0.15, 0.2) is 0 Å². The van der Waals surface area contributed by atoms with Gasteiger partial charge in [-0.2, -0.15) is 0 Å². The quantitative estimate of drug-likeness (QED) is 0.759. The van der Waals surface area contributed by atoms with Crippen LogP contribution in [0.4, 0.5) is 5.69 Å². The lowest BCUT2D eigenvalue weighted by Gasteiger charge is -2.12. The summed E-state index contributed by atoms with van der Waals surface area (Å²) in [5.41, 5.74) is 0.728. The molecule has 3 N–H and O–H groups in total. The fourth-order valence-electron chi connectivity index (χ4n) is 1.65. The van der Waals surface area contributed by atoms with Crippen molar-refractivity contribution in [3.63, 3.8) is 0 Å². The van der Waals surface area contributed by atoms with Crippen molar-refractivity contribution in [2.75, 3.05) is 18.5 Å². The molecule has 0 aliphatic heterocycles. The minimum atomic E-state index is -0.814. The molecule has 0 aliphatic carbocycles. The Bertz CT molecular complexity index is 607. The first-order valence-corrected chi connectivity index (χ1v) is 7.10. The predicted octanol–water partition coefficient (Wildman–Crippen LogP) is 3.55. The Labute approximate surface area is 132 Å². The van der Waals surface area contributed by atoms with Gasteiger partial charge in [0.1, 0.15) is 11.5 Å². The third-order valence-electron chi connectivity index (χ3n) is 2.71. The Hall–Kier alpha value is -1.46. The third kappa shape index (κ3) is 4.79. The maximum absolute atomic E-state index is 9.28. The molecule has 21 heavy (non-hydrogen) atoms. The molecule has 6 heteroatoms. The van der Waals surface area contributed by atoms with E-state index in [1.54, 1.807) is 42.5 Å². The van der Waals surface area contributed by atoms with Crippen LogP contribution in [-0.4, -0.2) is 29.5 Å². The maximum Gasteiger partial charge on any atom is 0.146 e. The van der Waals surface area contributed by atoms with E-state index < -0.39 is 6.10 Å². The molecule has 0 aliphatic rings. The number of rotatable bonds is 6. The van der Waals surface area contributed by atoms with E-state index in [0.717, 1.165) is 5.69 Å². The fraction of sp³-hybridized carbons (Fsp3) is 0.200. The van der Waals surface area contributed by atoms with Crippen LogP contribution in [0.5, 0.6) is 11.5 Å². The Morgan fingerprint density at radius 3 is 2.62 bits per heavy atom. The molecule has 0 radical (unpaired) electrons. The number of benzene rings is 2. The van der Waals surface area contributed by atoms with Gasteiger partial charge in [-0.15, -0.1) is 0 Å². The van der Waals surface area contributed by atoms with E-state index in [0.29, 0.717) is 21.5 Å². The normalized spacial score (nSPS) is 12.0. The molecule has 0 aromatic heterocycles. The lowest BCUT2D eigenvalue weighted by Crippen LogP contribution is -2.22. The van der Waals surface area contributed by atoms with Crippen LogP contribution in [0.25, 0.3) is 0 Å². The summed E-state index contributed by atoms with van der Waals surface area (Å²) in [5.74, 6) is 1.10. The van der Waals surface area contributed by atoms with Gasteiger partial charge in [0.05, 0.1) is 17.7 Å². The van der Waals surface area contributed by atoms with E-state index in [4.69, 9.17) is 33.0 Å². The maximum atomic E-state index is 9.28. The number of aliphatic hydroxyl groups excluding tert-OH is 2. The van der Waals surface area contributed by atoms with Crippen molar-refractivity contribution >= 4 is 28.9 Å². The first-order valence-electron chi connectivity index (χ1n) is 6.34. The summed E-state index contributed by atoms with van der Waals surface area (Å²) < 4.78 is 5.66. The Kier molecular flexibility index (Phi) is 5.70. The van der Waals surface area contributed by atoms with Crippen molar-refractivity contribution in [3.8, 4) is 11.5 Å². The van der Waals surface area contributed by atoms with Crippen molar-refractivity contribution < 1.29 is 14.9 Å². The summed E-state index contributed by atoms with van der Waals surface area (Å²) in [6.45, 7) is -0.0575. The molecular formula is C15H15Cl2NO3. The molecule has 0 spiro atoms. The minimum Gasteiger partial charge on any atom is -0.456 e. The zero-order chi connectivity index (χ0) is 15.2. The smallest absolute Gasteiger partial charge is 0.146 e. The van der Waals surface area contributed by atoms with Gasteiger partial charge in [0.2, 0.25) is 0 Å². The molecule has 1 unspecified atom stereocenters. The van der Waals surface area contributed by atoms with Gasteiger partial charge in [-0.1, -0.05) is 29.3 Å². The van der Waals surface area contributed by atoms with E-state index in [2.05, 4.69) is 5.32 Å². The summed E-state index contributed by atoms with van der Waals surface area (Å²) in [7, 11) is 0. The van der Waals surface area contributed by atoms with Crippen molar-refractivity contribution in [2.24, 2.45) is 0 Å². The van der Waals surface area contributed by atoms with Crippen LogP contribution in [0.15, 0.2) is 42.5 Å². The van der Waals surface area contributed by atoms with Crippen LogP contribution in [0.1, 0.15) is 0 Å². The highest BCUT2D eigenvalue weighted by molar-refractivity contribution is 6.32. The zero-order valence-corrected chi connectivity index (χ0v) is 12.6. The number of ether oxygens (including phenoxy) is 1. The number of nitrogens with one attached hydrogen (secondary N) is 1. The fourth-order valence-corrected chi connectivity index (χ4v) is 2.05. The van der Waals surface area contributed by atoms with E-state index >= 15 is 0 Å². The first-order chi connectivity index (χ1) is 10.1. The molecule has 112 valence electrons. The minimum absolute atomic E-state index is 0.237. The van der Waals surface area contributed by atoms with Gasteiger partial charge in [0.25, 0.3) is 0 Å². The Morgan fingerprint density at radius 1 is 1.14 bits per heavy atom. The van der Waals surface area contributed by atoms with Gasteiger partial charge >= 0.3 is 0 Å². The highest BCUT2D eigenvalue weighted by Gasteiger charge is 2.06. The molecule has 0 saturated heterocycles. The van der Waals surface area contributed by atoms with Crippen molar-refractivity contribution in [2.45, 2.75) is 6.10 Å². The van der Waals surface area contributed by atoms with Gasteiger partial charge < -0.3 is 20.3 Å². The lowest BCUT2D eigenvalue weighted by atomic mass is 10.2. The molecule has 4 nitrogen and oxygen atoms in total. The number of aliphatic hydroxyl groups is 2. The molecule has 0 saturated carbocycles. The van der Waals surface area contributed by atoms with Crippen LogP contribution >= 0.6 is 23.2 Å². The highest BCUT2D eigenvalue weighted by atomic mass is 35.5. The second-order valence-corrected chi connectivity index (χ2v) is 5.27. The topological polar surface area (TPSA) is 61.7 Å². The summed E-state index contributed by atoms with van der Waals surface area (Å²) in [4.78, 5) is 0. The molecule has 2 aromatic rings. The Morgan fingerprint density at radius 2 is 1.95 bits per heavy atom. The van der Waals surface area contributed by atoms with Gasteiger partial charge in [-0.25, -0.2) is 0 Å². The van der Waals surface area contributed by atoms with Crippen LogP contribution in [-0.2, 0) is 0 Å². The van der Waals surface area contributed by atoms with Gasteiger partial charge in [-0.05, 0) is 36.4 Å². The first kappa shape index (κ1) is 15.9. The number of hydrogen-bond donors (Lipinski definition) is 3. The second kappa shape index (κ2) is 7.52. The van der Waals surface area contributed by atoms with E-state index in [1.807, 2.05) is 0 Å². The molecule has 2 aromatic carbocycles. The second-order valence-electron chi connectivity index (χ2n) is 4.42. The molecule has 0 fully saturated rings. The van der Waals surface area contributed by atoms with E-state index in [-0.39, 0.29) is 13.2 Å². The predicted molar refractivity (Wildman–Crippen MR) is 84.6 cm³/mol. The van der Waals surface area contributed by atoms with Crippen molar-refractivity contribution in [1.82, 2.24) is 0 Å². The number of hydrogen-bond acceptors (Lipinski definition) is 4. The third-order valence-corrected chi connectivity index (χ3v) is 3.24. The largest absolute Gasteiger partial charge is 0.456 e. The molecule has 1 atom stereocenters. The van der Waals surface area contributed by atoms with Crippen LogP contribution in [0.3, 0.4) is 0 Å². The summed E-state index contributed by atoms with van der Waals surface area (Å²) in [6, 6.07) is 12.2. The van der Waals surface area contributed by atoms with Crippen LogP contribution < -0.4 is 10.1 Å². The lowest BCUT2D eigenvalue weighted by molar-refractivity contribution is 0.105. The average Bonchev–Trinajstić information content (AvgIpc) is 2.47. The molecule has 0 heterocycles. The molecule has 2 rings (SSSR count). The van der Waals surface area contributed by atoms with E-state index in [1.165, 1.54) is 0 Å². The average molecular weight is 328 g/mol.